The number of nitrogens with one attached hydrogen (secondary N) is 2. The molecule has 0 spiro atoms. The van der Waals surface area contributed by atoms with Crippen LogP contribution < -0.4 is 10.6 Å². The third kappa shape index (κ3) is 5.78. The molecule has 0 saturated carbocycles. The first-order chi connectivity index (χ1) is 16.8. The van der Waals surface area contributed by atoms with E-state index < -0.39 is 0 Å². The monoisotopic (exact) mass is 474 g/mol. The maximum Gasteiger partial charge on any atom is 0.291 e. The van der Waals surface area contributed by atoms with Gasteiger partial charge in [0.2, 0.25) is 5.91 Å². The molecule has 0 unspecified atom stereocenters. The lowest BCUT2D eigenvalue weighted by Gasteiger charge is -2.34. The van der Waals surface area contributed by atoms with Crippen molar-refractivity contribution in [1.29, 1.82) is 0 Å². The number of carbonyl (C=O) groups excluding carboxylic acids is 3. The Hall–Kier alpha value is -3.91. The second-order valence-corrected chi connectivity index (χ2v) is 8.84. The molecule has 1 fully saturated rings. The summed E-state index contributed by atoms with van der Waals surface area (Å²) >= 11 is 0. The number of hydrogen-bond donors (Lipinski definition) is 2. The van der Waals surface area contributed by atoms with Gasteiger partial charge in [-0.2, -0.15) is 0 Å². The molecule has 2 N–H and O–H groups in total. The van der Waals surface area contributed by atoms with Gasteiger partial charge in [-0.25, -0.2) is 0 Å². The highest BCUT2D eigenvalue weighted by atomic mass is 16.3. The number of anilines is 2. The van der Waals surface area contributed by atoms with Crippen molar-refractivity contribution in [3.8, 4) is 0 Å². The number of benzene rings is 2. The summed E-state index contributed by atoms with van der Waals surface area (Å²) in [5.41, 5.74) is 4.85. The number of aryl methyl sites for hydroxylation is 3. The summed E-state index contributed by atoms with van der Waals surface area (Å²) in [7, 11) is 0. The molecule has 0 radical (unpaired) electrons. The molecule has 8 nitrogen and oxygen atoms in total. The fourth-order valence-corrected chi connectivity index (χ4v) is 4.17. The van der Waals surface area contributed by atoms with E-state index in [2.05, 4.69) is 15.5 Å². The van der Waals surface area contributed by atoms with Crippen LogP contribution in [-0.2, 0) is 4.79 Å². The van der Waals surface area contributed by atoms with Crippen LogP contribution in [0.4, 0.5) is 11.4 Å². The van der Waals surface area contributed by atoms with Gasteiger partial charge in [0.25, 0.3) is 11.8 Å². The van der Waals surface area contributed by atoms with E-state index >= 15 is 0 Å². The minimum absolute atomic E-state index is 0.0577. The second-order valence-electron chi connectivity index (χ2n) is 8.84. The molecule has 35 heavy (non-hydrogen) atoms. The number of hydrogen-bond acceptors (Lipinski definition) is 5. The summed E-state index contributed by atoms with van der Waals surface area (Å²) in [6.07, 6.45) is 1.44. The number of para-hydroxylation sites is 1. The Morgan fingerprint density at radius 2 is 1.57 bits per heavy atom. The quantitative estimate of drug-likeness (QED) is 0.566. The highest BCUT2D eigenvalue weighted by Crippen LogP contribution is 2.21. The van der Waals surface area contributed by atoms with Crippen molar-refractivity contribution in [3.63, 3.8) is 0 Å². The van der Waals surface area contributed by atoms with E-state index in [1.807, 2.05) is 45.0 Å². The third-order valence-corrected chi connectivity index (χ3v) is 6.25. The lowest BCUT2D eigenvalue weighted by Crippen LogP contribution is -2.50. The van der Waals surface area contributed by atoms with Crippen LogP contribution in [0.5, 0.6) is 0 Å². The van der Waals surface area contributed by atoms with Gasteiger partial charge in [0.1, 0.15) is 0 Å². The average molecular weight is 475 g/mol. The summed E-state index contributed by atoms with van der Waals surface area (Å²) in [6, 6.07) is 14.4. The molecule has 0 atom stereocenters. The Balaban J connectivity index is 1.32. The topological polar surface area (TPSA) is 94.9 Å². The van der Waals surface area contributed by atoms with Gasteiger partial charge in [0, 0.05) is 43.1 Å². The van der Waals surface area contributed by atoms with Gasteiger partial charge >= 0.3 is 0 Å². The highest BCUT2D eigenvalue weighted by molar-refractivity contribution is 6.04. The van der Waals surface area contributed by atoms with Crippen LogP contribution in [0.25, 0.3) is 0 Å². The highest BCUT2D eigenvalue weighted by Gasteiger charge is 2.24. The second kappa shape index (κ2) is 10.6. The molecule has 182 valence electrons. The predicted molar refractivity (Wildman–Crippen MR) is 135 cm³/mol. The van der Waals surface area contributed by atoms with E-state index in [9.17, 15) is 14.4 Å². The molecule has 4 rings (SSSR count). The summed E-state index contributed by atoms with van der Waals surface area (Å²) < 4.78 is 5.14. The minimum Gasteiger partial charge on any atom is -0.459 e. The third-order valence-electron chi connectivity index (χ3n) is 6.25. The SMILES string of the molecule is Cc1ccc(C(=O)N2CCN(CC(=O)Nc3c(C)cccc3C)CC2)cc1NC(=O)c1ccco1. The molecule has 0 aliphatic carbocycles. The molecule has 1 saturated heterocycles. The van der Waals surface area contributed by atoms with E-state index in [1.165, 1.54) is 6.26 Å². The zero-order valence-electron chi connectivity index (χ0n) is 20.3. The van der Waals surface area contributed by atoms with Crippen molar-refractivity contribution < 1.29 is 18.8 Å². The van der Waals surface area contributed by atoms with E-state index in [0.717, 1.165) is 22.4 Å². The van der Waals surface area contributed by atoms with E-state index in [1.54, 1.807) is 29.2 Å². The number of furan rings is 1. The van der Waals surface area contributed by atoms with Crippen LogP contribution in [0, 0.1) is 20.8 Å². The number of amides is 3. The number of piperazine rings is 1. The van der Waals surface area contributed by atoms with Crippen molar-refractivity contribution in [3.05, 3.63) is 82.8 Å². The van der Waals surface area contributed by atoms with E-state index in [4.69, 9.17) is 4.42 Å². The summed E-state index contributed by atoms with van der Waals surface area (Å²) in [4.78, 5) is 41.9. The van der Waals surface area contributed by atoms with Crippen molar-refractivity contribution in [2.24, 2.45) is 0 Å². The first-order valence-electron chi connectivity index (χ1n) is 11.6. The largest absolute Gasteiger partial charge is 0.459 e. The van der Waals surface area contributed by atoms with Gasteiger partial charge in [0.05, 0.1) is 12.8 Å². The Morgan fingerprint density at radius 1 is 0.857 bits per heavy atom. The standard InChI is InChI=1S/C27H30N4O4/c1-18-9-10-21(16-22(18)28-26(33)23-8-5-15-35-23)27(34)31-13-11-30(12-14-31)17-24(32)29-25-19(2)6-4-7-20(25)3/h4-10,15-16H,11-14,17H2,1-3H3,(H,28,33)(H,29,32). The fraction of sp³-hybridized carbons (Fsp3) is 0.296. The van der Waals surface area contributed by atoms with Crippen LogP contribution in [0.1, 0.15) is 37.6 Å². The molecule has 0 bridgehead atoms. The van der Waals surface area contributed by atoms with Gasteiger partial charge in [-0.1, -0.05) is 24.3 Å². The van der Waals surface area contributed by atoms with Crippen LogP contribution >= 0.6 is 0 Å². The molecule has 3 aromatic rings. The van der Waals surface area contributed by atoms with Crippen LogP contribution in [0.3, 0.4) is 0 Å². The molecule has 3 amide bonds. The zero-order valence-corrected chi connectivity index (χ0v) is 20.3. The Kier molecular flexibility index (Phi) is 7.31. The molecule has 1 aliphatic heterocycles. The number of rotatable bonds is 6. The Bertz CT molecular complexity index is 1210. The maximum absolute atomic E-state index is 13.1. The molecular weight excluding hydrogens is 444 g/mol. The zero-order chi connectivity index (χ0) is 24.9. The molecule has 1 aromatic heterocycles. The van der Waals surface area contributed by atoms with Crippen molar-refractivity contribution in [2.75, 3.05) is 43.4 Å². The summed E-state index contributed by atoms with van der Waals surface area (Å²) in [5, 5.41) is 5.83. The first kappa shape index (κ1) is 24.2. The van der Waals surface area contributed by atoms with Gasteiger partial charge < -0.3 is 20.0 Å². The van der Waals surface area contributed by atoms with Crippen molar-refractivity contribution in [1.82, 2.24) is 9.80 Å². The van der Waals surface area contributed by atoms with Gasteiger partial charge in [-0.05, 0) is 61.7 Å². The van der Waals surface area contributed by atoms with E-state index in [0.29, 0.717) is 37.4 Å². The van der Waals surface area contributed by atoms with Crippen molar-refractivity contribution >= 4 is 29.1 Å². The van der Waals surface area contributed by atoms with Crippen molar-refractivity contribution in [2.45, 2.75) is 20.8 Å². The molecule has 2 heterocycles. The number of carbonyl (C=O) groups is 3. The smallest absolute Gasteiger partial charge is 0.291 e. The molecular formula is C27H30N4O4. The lowest BCUT2D eigenvalue weighted by atomic mass is 10.1. The Labute approximate surface area is 204 Å². The van der Waals surface area contributed by atoms with Gasteiger partial charge in [-0.15, -0.1) is 0 Å². The summed E-state index contributed by atoms with van der Waals surface area (Å²) in [6.45, 7) is 8.38. The first-order valence-corrected chi connectivity index (χ1v) is 11.6. The van der Waals surface area contributed by atoms with Gasteiger partial charge in [-0.3, -0.25) is 19.3 Å². The Morgan fingerprint density at radius 3 is 2.23 bits per heavy atom. The number of nitrogens with zero attached hydrogens (tertiary/aromatic N) is 2. The van der Waals surface area contributed by atoms with Crippen LogP contribution in [0.15, 0.2) is 59.2 Å². The normalized spacial score (nSPS) is 14.0. The van der Waals surface area contributed by atoms with Crippen LogP contribution in [-0.4, -0.2) is 60.2 Å². The van der Waals surface area contributed by atoms with Gasteiger partial charge in [0.15, 0.2) is 5.76 Å². The minimum atomic E-state index is -0.365. The predicted octanol–water partition coefficient (Wildman–Crippen LogP) is 3.85. The molecule has 8 heteroatoms. The molecule has 2 aromatic carbocycles. The maximum atomic E-state index is 13.1. The summed E-state index contributed by atoms with van der Waals surface area (Å²) in [5.74, 6) is -0.315. The molecule has 1 aliphatic rings. The average Bonchev–Trinajstić information content (AvgIpc) is 3.38. The van der Waals surface area contributed by atoms with E-state index in [-0.39, 0.29) is 30.0 Å². The lowest BCUT2D eigenvalue weighted by molar-refractivity contribution is -0.117. The van der Waals surface area contributed by atoms with Crippen LogP contribution in [0.2, 0.25) is 0 Å². The fourth-order valence-electron chi connectivity index (χ4n) is 4.17.